The Balaban J connectivity index is 0.000000115. The van der Waals surface area contributed by atoms with Gasteiger partial charge in [-0.05, 0) is 188 Å². The predicted octanol–water partition coefficient (Wildman–Crippen LogP) is 24.9. The van der Waals surface area contributed by atoms with Gasteiger partial charge in [0.25, 0.3) is 5.91 Å². The van der Waals surface area contributed by atoms with Gasteiger partial charge in [-0.15, -0.1) is 11.3 Å². The third-order valence-electron chi connectivity index (χ3n) is 27.1. The number of amides is 1. The molecule has 11 aromatic heterocycles. The number of thiophene rings is 1. The highest BCUT2D eigenvalue weighted by atomic mass is 35.5. The molecule has 5 fully saturated rings. The molecule has 146 heavy (non-hydrogen) atoms. The Kier molecular flexibility index (Phi) is 34.4. The lowest BCUT2D eigenvalue weighted by Gasteiger charge is -2.26. The number of carbonyl (C=O) groups is 2. The molecule has 5 aliphatic rings. The maximum Gasteiger partial charge on any atom is 0.255 e. The summed E-state index contributed by atoms with van der Waals surface area (Å²) in [6, 6.07) is 80.3. The third-order valence-corrected chi connectivity index (χ3v) is 29.6. The van der Waals surface area contributed by atoms with Crippen LogP contribution in [0.3, 0.4) is 0 Å². The molecule has 0 bridgehead atoms. The van der Waals surface area contributed by atoms with Crippen LogP contribution in [0.5, 0.6) is 0 Å². The van der Waals surface area contributed by atoms with E-state index in [-0.39, 0.29) is 11.7 Å². The number of hydrogen-bond acceptors (Lipinski definition) is 18. The topological polar surface area (TPSA) is 186 Å². The fourth-order valence-electron chi connectivity index (χ4n) is 19.1. The second-order valence-electron chi connectivity index (χ2n) is 36.7. The molecule has 16 heterocycles. The second kappa shape index (κ2) is 48.9. The number of ketones is 1. The number of nitrogens with zero attached hydrogens (tertiary/aromatic N) is 16. The van der Waals surface area contributed by atoms with Gasteiger partial charge < -0.3 is 50.6 Å². The molecule has 750 valence electrons. The lowest BCUT2D eigenvalue weighted by Crippen LogP contribution is -2.36. The number of aromatic nitrogens is 10. The summed E-state index contributed by atoms with van der Waals surface area (Å²) in [5, 5.41) is 6.45. The van der Waals surface area contributed by atoms with Gasteiger partial charge in [-0.2, -0.15) is 0 Å². The van der Waals surface area contributed by atoms with E-state index in [1.807, 2.05) is 196 Å². The van der Waals surface area contributed by atoms with Crippen molar-refractivity contribution in [1.29, 1.82) is 0 Å². The zero-order valence-electron chi connectivity index (χ0n) is 82.3. The summed E-state index contributed by atoms with van der Waals surface area (Å²) in [6.45, 7) is 30.3. The summed E-state index contributed by atoms with van der Waals surface area (Å²) in [4.78, 5) is 65.2. The number of fused-ring (bicyclic) bond motifs is 5. The van der Waals surface area contributed by atoms with Gasteiger partial charge in [0.2, 0.25) is 0 Å². The quantitative estimate of drug-likeness (QED) is 0.0519. The number of hydrogen-bond donors (Lipinski definition) is 0. The molecule has 23 rings (SSSR count). The summed E-state index contributed by atoms with van der Waals surface area (Å²) < 4.78 is 38.4. The van der Waals surface area contributed by atoms with Gasteiger partial charge >= 0.3 is 0 Å². The summed E-state index contributed by atoms with van der Waals surface area (Å²) in [5.74, 6) is 0.212. The molecule has 0 saturated carbocycles. The number of pyridine rings is 5. The number of Topliss-reactive ketones (excluding diaryl/α,β-unsaturated/α-hetero) is 1. The molecular formula is C116H116Cl6N16O7S. The Labute approximate surface area is 884 Å². The third kappa shape index (κ3) is 24.7. The largest absolute Gasteiger partial charge is 0.379 e. The van der Waals surface area contributed by atoms with E-state index in [4.69, 9.17) is 118 Å². The van der Waals surface area contributed by atoms with E-state index in [0.717, 1.165) is 309 Å². The van der Waals surface area contributed by atoms with Crippen LogP contribution < -0.4 is 0 Å². The van der Waals surface area contributed by atoms with Crippen LogP contribution in [0.1, 0.15) is 88.4 Å². The molecule has 0 unspecified atom stereocenters. The van der Waals surface area contributed by atoms with Gasteiger partial charge in [-0.25, -0.2) is 24.9 Å². The van der Waals surface area contributed by atoms with Crippen molar-refractivity contribution in [3.63, 3.8) is 0 Å². The van der Waals surface area contributed by atoms with Crippen LogP contribution in [0.15, 0.2) is 279 Å². The lowest BCUT2D eigenvalue weighted by atomic mass is 10.0. The Morgan fingerprint density at radius 1 is 0.308 bits per heavy atom. The first-order chi connectivity index (χ1) is 71.4. The van der Waals surface area contributed by atoms with Crippen LogP contribution in [-0.4, -0.2) is 233 Å². The Hall–Kier alpha value is -11.8. The van der Waals surface area contributed by atoms with E-state index >= 15 is 0 Å². The average Bonchev–Trinajstić information content (AvgIpc) is 1.14. The maximum absolute atomic E-state index is 12.9. The Morgan fingerprint density at radius 3 is 0.904 bits per heavy atom. The number of morpholine rings is 5. The predicted molar refractivity (Wildman–Crippen MR) is 589 cm³/mol. The molecule has 5 saturated heterocycles. The molecule has 0 aliphatic carbocycles. The zero-order valence-corrected chi connectivity index (χ0v) is 87.6. The van der Waals surface area contributed by atoms with Gasteiger partial charge in [0, 0.05) is 228 Å². The number of aryl methyl sites for hydroxylation is 1. The highest BCUT2D eigenvalue weighted by molar-refractivity contribution is 7.13. The molecule has 7 aromatic carbocycles. The lowest BCUT2D eigenvalue weighted by molar-refractivity contribution is 0.0335. The molecule has 18 aromatic rings. The van der Waals surface area contributed by atoms with E-state index in [0.29, 0.717) is 35.1 Å². The minimum absolute atomic E-state index is 0.0426. The SMILES string of the molecule is CCCC(=O)c1ccc2nc(-c3ccc(Cl)cc3)c(CN3CCOCC3)n2c1.CCN(CC)C(=O)c1ccc2nc(-c3ccc(Cl)cc3)c(CN3CCOCC3)n2c1.Cc1ccccc1-c1ccc2nc(-c3ccc(Cl)cc3)c(CN3CCOCC3)n2c1.Clc1ccc(-c2nc3ccc(-c4ccccc4Cl)cn3c2CN2CCOCC2)cc1.Clc1ccc(-c2nc3ccc(-c4cccs4)cn3c2CN2CCOCC2)cc1. The highest BCUT2D eigenvalue weighted by Gasteiger charge is 2.29. The van der Waals surface area contributed by atoms with Crippen LogP contribution >= 0.6 is 80.9 Å². The van der Waals surface area contributed by atoms with Crippen molar-refractivity contribution >= 4 is 121 Å². The summed E-state index contributed by atoms with van der Waals surface area (Å²) >= 11 is 38.7. The number of rotatable bonds is 24. The van der Waals surface area contributed by atoms with Crippen LogP contribution in [0.4, 0.5) is 0 Å². The van der Waals surface area contributed by atoms with Crippen LogP contribution in [0.2, 0.25) is 30.1 Å². The number of benzene rings is 7. The van der Waals surface area contributed by atoms with Gasteiger partial charge in [0.05, 0.1) is 129 Å². The van der Waals surface area contributed by atoms with E-state index in [1.54, 1.807) is 11.3 Å². The standard InChI is InChI=1S/C25H24ClN3O.C24H21Cl2N3O.C23H27ClN4O2.C22H24ClN3O2.C22H20ClN3OS/c1-18-4-2-3-5-22(18)20-8-11-24-27-25(19-6-9-21(26)10-7-19)23(29(24)16-20)17-28-12-14-30-15-13-28;25-19-8-5-17(6-9-19)24-22(16-28-11-13-30-14-12-28)29-15-18(7-10-23(29)27-24)20-3-1-2-4-21(20)26;1-3-27(4-2)23(29)18-7-10-21-25-22(17-5-8-19(24)9-6-17)20(28(21)15-18)16-26-11-13-30-14-12-26;1-2-3-20(27)17-6-9-21-24-22(16-4-7-18(23)8-5-16)19(26(21)14-17)15-25-10-12-28-13-11-25;23-18-6-3-16(4-7-18)22-19(15-25-9-11-27-12-10-25)26-14-17(5-8-21(26)24-22)20-2-1-13-28-20/h2-11,16H,12-15,17H2,1H3;1-10,15H,11-14,16H2;5-10,15H,3-4,11-14,16H2,1-2H3;4-9,14H,2-3,10-13,15H2,1H3;1-8,13-14H,9-12,15H2. The summed E-state index contributed by atoms with van der Waals surface area (Å²) in [5.41, 5.74) is 28.8. The van der Waals surface area contributed by atoms with Gasteiger partial charge in [0.15, 0.2) is 5.78 Å². The van der Waals surface area contributed by atoms with Crippen LogP contribution in [0, 0.1) is 6.92 Å². The van der Waals surface area contributed by atoms with Gasteiger partial charge in [-0.3, -0.25) is 34.1 Å². The first-order valence-corrected chi connectivity index (χ1v) is 53.1. The molecular weight excluding hydrogens is 1970 g/mol. The van der Waals surface area contributed by atoms with E-state index in [2.05, 4.69) is 162 Å². The summed E-state index contributed by atoms with van der Waals surface area (Å²) in [6.07, 6.45) is 11.8. The van der Waals surface area contributed by atoms with Crippen molar-refractivity contribution < 1.29 is 33.3 Å². The summed E-state index contributed by atoms with van der Waals surface area (Å²) in [7, 11) is 0. The van der Waals surface area contributed by atoms with E-state index < -0.39 is 0 Å². The van der Waals surface area contributed by atoms with Gasteiger partial charge in [-0.1, -0.05) is 186 Å². The zero-order chi connectivity index (χ0) is 101. The molecule has 0 radical (unpaired) electrons. The Bertz CT molecular complexity index is 7300. The van der Waals surface area contributed by atoms with Crippen molar-refractivity contribution in [1.82, 2.24) is 76.3 Å². The van der Waals surface area contributed by atoms with Gasteiger partial charge in [0.1, 0.15) is 28.2 Å². The molecule has 30 heteroatoms. The number of halogens is 6. The monoisotopic (exact) mass is 2090 g/mol. The van der Waals surface area contributed by atoms with Crippen LogP contribution in [0.25, 0.3) is 117 Å². The van der Waals surface area contributed by atoms with Crippen molar-refractivity contribution in [2.45, 2.75) is 73.3 Å². The van der Waals surface area contributed by atoms with E-state index in [9.17, 15) is 9.59 Å². The normalized spacial score (nSPS) is 15.1. The Morgan fingerprint density at radius 2 is 0.589 bits per heavy atom. The minimum atomic E-state index is 0.0426. The van der Waals surface area contributed by atoms with E-state index in [1.165, 1.54) is 38.5 Å². The minimum Gasteiger partial charge on any atom is -0.379 e. The second-order valence-corrected chi connectivity index (χ2v) is 40.2. The average molecular weight is 2090 g/mol. The molecule has 0 N–H and O–H groups in total. The smallest absolute Gasteiger partial charge is 0.255 e. The highest BCUT2D eigenvalue weighted by Crippen LogP contribution is 2.39. The first-order valence-electron chi connectivity index (χ1n) is 49.9. The van der Waals surface area contributed by atoms with Crippen molar-refractivity contribution in [2.24, 2.45) is 0 Å². The first kappa shape index (κ1) is 103. The molecule has 23 nitrogen and oxygen atoms in total. The fraction of sp³-hybridized carbons (Fsp3) is 0.284. The maximum atomic E-state index is 12.9. The van der Waals surface area contributed by atoms with Crippen LogP contribution in [-0.2, 0) is 56.4 Å². The molecule has 1 amide bonds. The van der Waals surface area contributed by atoms with Crippen molar-refractivity contribution in [2.75, 3.05) is 145 Å². The number of carbonyl (C=O) groups excluding carboxylic acids is 2. The van der Waals surface area contributed by atoms with Crippen molar-refractivity contribution in [3.8, 4) is 89.0 Å². The number of imidazole rings is 5. The van der Waals surface area contributed by atoms with Crippen molar-refractivity contribution in [3.05, 3.63) is 354 Å². The fourth-order valence-corrected chi connectivity index (χ4v) is 20.7. The molecule has 5 aliphatic heterocycles. The number of ether oxygens (including phenoxy) is 5. The molecule has 0 atom stereocenters. The molecule has 0 spiro atoms.